The van der Waals surface area contributed by atoms with E-state index < -0.39 is 29.6 Å². The summed E-state index contributed by atoms with van der Waals surface area (Å²) in [5.41, 5.74) is 4.89. The van der Waals surface area contributed by atoms with Gasteiger partial charge in [-0.1, -0.05) is 6.92 Å². The first kappa shape index (κ1) is 17.5. The molecule has 122 valence electrons. The molecule has 1 aromatic rings. The maximum absolute atomic E-state index is 12.2. The molecule has 1 atom stereocenters. The van der Waals surface area contributed by atoms with Crippen LogP contribution in [0.3, 0.4) is 0 Å². The summed E-state index contributed by atoms with van der Waals surface area (Å²) in [7, 11) is 0. The second-order valence-corrected chi connectivity index (χ2v) is 5.73. The molecule has 0 bridgehead atoms. The largest absolute Gasteiger partial charge is 0.444 e. The van der Waals surface area contributed by atoms with Crippen LogP contribution in [0.4, 0.5) is 10.5 Å². The molecule has 0 aliphatic carbocycles. The molecule has 1 unspecified atom stereocenters. The third-order valence-corrected chi connectivity index (χ3v) is 2.67. The lowest BCUT2D eigenvalue weighted by Crippen LogP contribution is -2.45. The number of hydrogen-bond donors (Lipinski definition) is 4. The molecule has 0 saturated heterocycles. The van der Waals surface area contributed by atoms with Gasteiger partial charge in [0.1, 0.15) is 17.3 Å². The highest BCUT2D eigenvalue weighted by atomic mass is 16.6. The second kappa shape index (κ2) is 6.97. The van der Waals surface area contributed by atoms with Gasteiger partial charge in [0.2, 0.25) is 5.91 Å². The predicted octanol–water partition coefficient (Wildman–Crippen LogP) is 1.36. The summed E-state index contributed by atoms with van der Waals surface area (Å²) in [4.78, 5) is 37.7. The number of hydrogen-bond acceptors (Lipinski definition) is 4. The number of nitrogens with two attached hydrogens (primary N) is 1. The highest BCUT2D eigenvalue weighted by molar-refractivity contribution is 6.03. The van der Waals surface area contributed by atoms with Gasteiger partial charge in [0.15, 0.2) is 0 Å². The summed E-state index contributed by atoms with van der Waals surface area (Å²) in [5.74, 6) is -1.15. The normalized spacial score (nSPS) is 12.4. The van der Waals surface area contributed by atoms with Gasteiger partial charge < -0.3 is 26.1 Å². The quantitative estimate of drug-likeness (QED) is 0.654. The zero-order valence-corrected chi connectivity index (χ0v) is 13.1. The molecule has 1 rings (SSSR count). The van der Waals surface area contributed by atoms with Crippen molar-refractivity contribution in [2.75, 3.05) is 5.32 Å². The Morgan fingerprint density at radius 1 is 1.36 bits per heavy atom. The fraction of sp³-hybridized carbons (Fsp3) is 0.500. The van der Waals surface area contributed by atoms with Gasteiger partial charge in [-0.25, -0.2) is 4.79 Å². The molecule has 5 N–H and O–H groups in total. The molecule has 22 heavy (non-hydrogen) atoms. The van der Waals surface area contributed by atoms with E-state index in [1.807, 2.05) is 0 Å². The molecule has 8 nitrogen and oxygen atoms in total. The topological polar surface area (TPSA) is 126 Å². The van der Waals surface area contributed by atoms with Gasteiger partial charge in [0, 0.05) is 6.20 Å². The Bertz CT molecular complexity index is 559. The maximum atomic E-state index is 12.2. The van der Waals surface area contributed by atoms with Gasteiger partial charge in [-0.3, -0.25) is 9.59 Å². The molecule has 8 heteroatoms. The van der Waals surface area contributed by atoms with Crippen LogP contribution in [0, 0.1) is 0 Å². The minimum atomic E-state index is -0.787. The van der Waals surface area contributed by atoms with Crippen molar-refractivity contribution in [1.82, 2.24) is 10.3 Å². The molecule has 0 aromatic carbocycles. The van der Waals surface area contributed by atoms with Crippen LogP contribution >= 0.6 is 0 Å². The van der Waals surface area contributed by atoms with Crippen LogP contribution in [0.25, 0.3) is 0 Å². The van der Waals surface area contributed by atoms with Crippen LogP contribution in [0.5, 0.6) is 0 Å². The van der Waals surface area contributed by atoms with Crippen molar-refractivity contribution in [3.05, 3.63) is 18.0 Å². The predicted molar refractivity (Wildman–Crippen MR) is 81.4 cm³/mol. The third kappa shape index (κ3) is 5.12. The first-order valence-corrected chi connectivity index (χ1v) is 6.91. The minimum absolute atomic E-state index is 0.0977. The Morgan fingerprint density at radius 3 is 2.50 bits per heavy atom. The van der Waals surface area contributed by atoms with Crippen molar-refractivity contribution in [3.8, 4) is 0 Å². The molecule has 0 fully saturated rings. The second-order valence-electron chi connectivity index (χ2n) is 5.73. The fourth-order valence-corrected chi connectivity index (χ4v) is 1.70. The fourth-order valence-electron chi connectivity index (χ4n) is 1.70. The average molecular weight is 310 g/mol. The summed E-state index contributed by atoms with van der Waals surface area (Å²) in [6.45, 7) is 6.93. The minimum Gasteiger partial charge on any atom is -0.444 e. The molecular weight excluding hydrogens is 288 g/mol. The van der Waals surface area contributed by atoms with E-state index in [0.29, 0.717) is 6.42 Å². The molecule has 1 heterocycles. The molecule has 0 spiro atoms. The number of alkyl carbamates (subject to hydrolysis) is 1. The number of aromatic nitrogens is 1. The summed E-state index contributed by atoms with van der Waals surface area (Å²) in [6.07, 6.45) is 1.16. The highest BCUT2D eigenvalue weighted by Crippen LogP contribution is 2.14. The first-order valence-electron chi connectivity index (χ1n) is 6.91. The Balaban J connectivity index is 2.70. The number of carbonyl (C=O) groups is 3. The van der Waals surface area contributed by atoms with Crippen molar-refractivity contribution in [3.63, 3.8) is 0 Å². The first-order chi connectivity index (χ1) is 10.1. The van der Waals surface area contributed by atoms with Crippen LogP contribution in [0.15, 0.2) is 12.3 Å². The van der Waals surface area contributed by atoms with Gasteiger partial charge in [-0.15, -0.1) is 0 Å². The molecule has 0 saturated carbocycles. The van der Waals surface area contributed by atoms with E-state index in [9.17, 15) is 14.4 Å². The van der Waals surface area contributed by atoms with Gasteiger partial charge >= 0.3 is 6.09 Å². The van der Waals surface area contributed by atoms with Crippen LogP contribution in [-0.2, 0) is 9.53 Å². The summed E-state index contributed by atoms with van der Waals surface area (Å²) < 4.78 is 5.11. The number of rotatable bonds is 5. The van der Waals surface area contributed by atoms with Crippen molar-refractivity contribution >= 4 is 23.6 Å². The number of aromatic amines is 1. The van der Waals surface area contributed by atoms with Crippen LogP contribution in [-0.4, -0.2) is 34.5 Å². The molecular formula is C14H22N4O4. The summed E-state index contributed by atoms with van der Waals surface area (Å²) in [5, 5.41) is 5.03. The number of amides is 3. The van der Waals surface area contributed by atoms with E-state index in [4.69, 9.17) is 10.5 Å². The Labute approximate surface area is 128 Å². The standard InChI is InChI=1S/C14H22N4O4/c1-5-8(18-13(21)22-14(2,3)4)12(20)17-9-6-7-16-10(9)11(15)19/h6-8,16H,5H2,1-4H3,(H2,15,19)(H,17,20)(H,18,21). The van der Waals surface area contributed by atoms with Gasteiger partial charge in [0.25, 0.3) is 5.91 Å². The Kier molecular flexibility index (Phi) is 5.56. The van der Waals surface area contributed by atoms with E-state index >= 15 is 0 Å². The van der Waals surface area contributed by atoms with Crippen LogP contribution in [0.2, 0.25) is 0 Å². The number of H-pyrrole nitrogens is 1. The molecule has 0 aliphatic rings. The van der Waals surface area contributed by atoms with E-state index in [2.05, 4.69) is 15.6 Å². The average Bonchev–Trinajstić information content (AvgIpc) is 2.81. The maximum Gasteiger partial charge on any atom is 0.408 e. The molecule has 0 aliphatic heterocycles. The zero-order chi connectivity index (χ0) is 16.9. The zero-order valence-electron chi connectivity index (χ0n) is 13.1. The van der Waals surface area contributed by atoms with Gasteiger partial charge in [-0.2, -0.15) is 0 Å². The van der Waals surface area contributed by atoms with Crippen LogP contribution < -0.4 is 16.4 Å². The summed E-state index contributed by atoms with van der Waals surface area (Å²) >= 11 is 0. The number of nitrogens with one attached hydrogen (secondary N) is 3. The Hall–Kier alpha value is -2.51. The molecule has 3 amide bonds. The molecule has 0 radical (unpaired) electrons. The molecule has 1 aromatic heterocycles. The van der Waals surface area contributed by atoms with E-state index in [1.54, 1.807) is 27.7 Å². The monoisotopic (exact) mass is 310 g/mol. The number of carbonyl (C=O) groups excluding carboxylic acids is 3. The lowest BCUT2D eigenvalue weighted by Gasteiger charge is -2.22. The van der Waals surface area contributed by atoms with E-state index in [0.717, 1.165) is 0 Å². The number of primary amides is 1. The van der Waals surface area contributed by atoms with E-state index in [-0.39, 0.29) is 11.4 Å². The number of anilines is 1. The number of ether oxygens (including phenoxy) is 1. The lowest BCUT2D eigenvalue weighted by atomic mass is 10.2. The lowest BCUT2D eigenvalue weighted by molar-refractivity contribution is -0.118. The van der Waals surface area contributed by atoms with Gasteiger partial charge in [-0.05, 0) is 33.3 Å². The van der Waals surface area contributed by atoms with Crippen molar-refractivity contribution in [2.45, 2.75) is 45.8 Å². The third-order valence-electron chi connectivity index (χ3n) is 2.67. The van der Waals surface area contributed by atoms with Crippen molar-refractivity contribution in [1.29, 1.82) is 0 Å². The van der Waals surface area contributed by atoms with Crippen molar-refractivity contribution < 1.29 is 19.1 Å². The Morgan fingerprint density at radius 2 is 2.00 bits per heavy atom. The smallest absolute Gasteiger partial charge is 0.408 e. The van der Waals surface area contributed by atoms with E-state index in [1.165, 1.54) is 12.3 Å². The van der Waals surface area contributed by atoms with Crippen molar-refractivity contribution in [2.24, 2.45) is 5.73 Å². The van der Waals surface area contributed by atoms with Gasteiger partial charge in [0.05, 0.1) is 5.69 Å². The highest BCUT2D eigenvalue weighted by Gasteiger charge is 2.24. The van der Waals surface area contributed by atoms with Crippen LogP contribution in [0.1, 0.15) is 44.6 Å². The SMILES string of the molecule is CCC(NC(=O)OC(C)(C)C)C(=O)Nc1cc[nH]c1C(N)=O. The summed E-state index contributed by atoms with van der Waals surface area (Å²) in [6, 6.07) is 0.725.